The average molecular weight is 519 g/mol. The van der Waals surface area contributed by atoms with E-state index in [4.69, 9.17) is 33.3 Å². The zero-order chi connectivity index (χ0) is 25.7. The summed E-state index contributed by atoms with van der Waals surface area (Å²) in [7, 11) is 1.21. The third-order valence-electron chi connectivity index (χ3n) is 4.66. The van der Waals surface area contributed by atoms with E-state index in [0.717, 1.165) is 4.90 Å². The Morgan fingerprint density at radius 3 is 2.60 bits per heavy atom. The molecule has 0 unspecified atom stereocenters. The Hall–Kier alpha value is -3.96. The molecular formula is C23H19ClN2O8S. The number of aromatic carboxylic acids is 1. The summed E-state index contributed by atoms with van der Waals surface area (Å²) in [5, 5.41) is 11.5. The fourth-order valence-electron chi connectivity index (χ4n) is 3.10. The smallest absolute Gasteiger partial charge is 0.343 e. The molecule has 2 amide bonds. The number of carbonyl (C=O) groups is 4. The monoisotopic (exact) mass is 518 g/mol. The highest BCUT2D eigenvalue weighted by Gasteiger charge is 2.35. The molecule has 0 atom stereocenters. The number of esters is 1. The van der Waals surface area contributed by atoms with Gasteiger partial charge in [0.2, 0.25) is 0 Å². The van der Waals surface area contributed by atoms with Crippen LogP contribution in [-0.4, -0.2) is 54.3 Å². The van der Waals surface area contributed by atoms with Gasteiger partial charge in [0.1, 0.15) is 5.57 Å². The second-order valence-electron chi connectivity index (χ2n) is 6.94. The molecule has 0 bridgehead atoms. The minimum Gasteiger partial charge on any atom is -0.490 e. The average Bonchev–Trinajstić information content (AvgIpc) is 2.81. The number of anilines is 1. The molecule has 1 saturated heterocycles. The minimum absolute atomic E-state index is 0.0591. The maximum Gasteiger partial charge on any atom is 0.343 e. The normalized spacial score (nSPS) is 14.5. The van der Waals surface area contributed by atoms with Crippen LogP contribution >= 0.6 is 23.8 Å². The number of nitrogens with one attached hydrogen (secondary N) is 1. The first-order chi connectivity index (χ1) is 16.7. The number of benzene rings is 2. The van der Waals surface area contributed by atoms with Crippen molar-refractivity contribution in [1.82, 2.24) is 5.32 Å². The van der Waals surface area contributed by atoms with E-state index >= 15 is 0 Å². The maximum absolute atomic E-state index is 13.2. The Morgan fingerprint density at radius 1 is 1.20 bits per heavy atom. The van der Waals surface area contributed by atoms with Gasteiger partial charge < -0.3 is 19.3 Å². The van der Waals surface area contributed by atoms with E-state index in [1.165, 1.54) is 49.6 Å². The number of carbonyl (C=O) groups excluding carboxylic acids is 3. The number of hydrogen-bond acceptors (Lipinski definition) is 8. The standard InChI is InChI=1S/C23H19ClN2O8S/c1-3-33-17-9-12(8-16(24)19(17)34-11-18(27)32-2)7-15-20(28)25-23(35)26(21(15)29)14-6-4-5-13(10-14)22(30)31/h4-10H,3,11H2,1-2H3,(H,30,31)(H,25,28,35). The number of methoxy groups -OCH3 is 1. The summed E-state index contributed by atoms with van der Waals surface area (Å²) in [6, 6.07) is 8.47. The Bertz CT molecular complexity index is 1260. The number of thiocarbonyl (C=S) groups is 1. The molecule has 35 heavy (non-hydrogen) atoms. The van der Waals surface area contributed by atoms with Crippen LogP contribution in [0, 0.1) is 0 Å². The van der Waals surface area contributed by atoms with Crippen LogP contribution in [0.4, 0.5) is 5.69 Å². The van der Waals surface area contributed by atoms with E-state index in [0.29, 0.717) is 5.56 Å². The number of ether oxygens (including phenoxy) is 3. The second kappa shape index (κ2) is 11.0. The van der Waals surface area contributed by atoms with E-state index < -0.39 is 30.4 Å². The molecule has 12 heteroatoms. The molecule has 0 spiro atoms. The number of nitrogens with zero attached hydrogens (tertiary/aromatic N) is 1. The van der Waals surface area contributed by atoms with Crippen molar-refractivity contribution < 1.29 is 38.5 Å². The van der Waals surface area contributed by atoms with Crippen molar-refractivity contribution in [3.05, 3.63) is 58.1 Å². The quantitative estimate of drug-likeness (QED) is 0.234. The summed E-state index contributed by atoms with van der Waals surface area (Å²) < 4.78 is 15.5. The molecule has 182 valence electrons. The van der Waals surface area contributed by atoms with E-state index in [1.54, 1.807) is 6.92 Å². The summed E-state index contributed by atoms with van der Waals surface area (Å²) in [6.45, 7) is 1.57. The van der Waals surface area contributed by atoms with Gasteiger partial charge in [-0.2, -0.15) is 0 Å². The molecule has 10 nitrogen and oxygen atoms in total. The summed E-state index contributed by atoms with van der Waals surface area (Å²) >= 11 is 11.5. The zero-order valence-electron chi connectivity index (χ0n) is 18.5. The van der Waals surface area contributed by atoms with Crippen LogP contribution in [0.2, 0.25) is 5.02 Å². The van der Waals surface area contributed by atoms with Crippen molar-refractivity contribution in [2.45, 2.75) is 6.92 Å². The van der Waals surface area contributed by atoms with Crippen molar-refractivity contribution in [3.63, 3.8) is 0 Å². The van der Waals surface area contributed by atoms with Crippen molar-refractivity contribution in [3.8, 4) is 11.5 Å². The lowest BCUT2D eigenvalue weighted by molar-refractivity contribution is -0.143. The van der Waals surface area contributed by atoms with Crippen LogP contribution < -0.4 is 19.7 Å². The summed E-state index contributed by atoms with van der Waals surface area (Å²) in [6.07, 6.45) is 1.28. The topological polar surface area (TPSA) is 131 Å². The summed E-state index contributed by atoms with van der Waals surface area (Å²) in [5.74, 6) is -3.04. The molecule has 2 aromatic carbocycles. The molecule has 1 aliphatic rings. The van der Waals surface area contributed by atoms with Crippen LogP contribution in [0.5, 0.6) is 11.5 Å². The van der Waals surface area contributed by atoms with Crippen molar-refractivity contribution >= 4 is 64.4 Å². The Kier molecular flexibility index (Phi) is 8.05. The van der Waals surface area contributed by atoms with Gasteiger partial charge in [-0.25, -0.2) is 9.59 Å². The zero-order valence-corrected chi connectivity index (χ0v) is 20.1. The molecule has 0 aromatic heterocycles. The van der Waals surface area contributed by atoms with Gasteiger partial charge in [0.15, 0.2) is 23.2 Å². The van der Waals surface area contributed by atoms with Gasteiger partial charge in [-0.15, -0.1) is 0 Å². The first kappa shape index (κ1) is 25.7. The highest BCUT2D eigenvalue weighted by molar-refractivity contribution is 7.80. The van der Waals surface area contributed by atoms with Gasteiger partial charge in [-0.05, 0) is 61.1 Å². The van der Waals surface area contributed by atoms with E-state index in [2.05, 4.69) is 10.1 Å². The Morgan fingerprint density at radius 2 is 1.94 bits per heavy atom. The van der Waals surface area contributed by atoms with Crippen molar-refractivity contribution in [1.29, 1.82) is 0 Å². The number of rotatable bonds is 8. The molecule has 1 fully saturated rings. The van der Waals surface area contributed by atoms with Gasteiger partial charge in [-0.3, -0.25) is 19.8 Å². The lowest BCUT2D eigenvalue weighted by Gasteiger charge is -2.29. The number of halogens is 1. The Labute approximate surface area is 210 Å². The number of carboxylic acid groups (broad SMARTS) is 1. The van der Waals surface area contributed by atoms with E-state index in [9.17, 15) is 24.3 Å². The van der Waals surface area contributed by atoms with Gasteiger partial charge in [0.25, 0.3) is 11.8 Å². The molecule has 3 rings (SSSR count). The highest BCUT2D eigenvalue weighted by atomic mass is 35.5. The van der Waals surface area contributed by atoms with Crippen molar-refractivity contribution in [2.24, 2.45) is 0 Å². The predicted molar refractivity (Wildman–Crippen MR) is 130 cm³/mol. The van der Waals surface area contributed by atoms with E-state index in [1.807, 2.05) is 0 Å². The van der Waals surface area contributed by atoms with Crippen LogP contribution in [0.3, 0.4) is 0 Å². The molecule has 0 radical (unpaired) electrons. The summed E-state index contributed by atoms with van der Waals surface area (Å²) in [5.41, 5.74) is 0.164. The van der Waals surface area contributed by atoms with Crippen molar-refractivity contribution in [2.75, 3.05) is 25.2 Å². The third kappa shape index (κ3) is 5.76. The molecule has 2 N–H and O–H groups in total. The number of carboxylic acids is 1. The molecular weight excluding hydrogens is 500 g/mol. The van der Waals surface area contributed by atoms with Crippen LogP contribution in [0.25, 0.3) is 6.08 Å². The molecule has 1 aliphatic heterocycles. The van der Waals surface area contributed by atoms with Gasteiger partial charge in [-0.1, -0.05) is 17.7 Å². The van der Waals surface area contributed by atoms with Crippen LogP contribution in [0.1, 0.15) is 22.8 Å². The fraction of sp³-hybridized carbons (Fsp3) is 0.174. The first-order valence-corrected chi connectivity index (χ1v) is 10.9. The second-order valence-corrected chi connectivity index (χ2v) is 7.74. The fourth-order valence-corrected chi connectivity index (χ4v) is 3.66. The SMILES string of the molecule is CCOc1cc(C=C2C(=O)NC(=S)N(c3cccc(C(=O)O)c3)C2=O)cc(Cl)c1OCC(=O)OC. The third-order valence-corrected chi connectivity index (χ3v) is 5.22. The maximum atomic E-state index is 13.2. The van der Waals surface area contributed by atoms with Gasteiger partial charge in [0, 0.05) is 0 Å². The van der Waals surface area contributed by atoms with Gasteiger partial charge >= 0.3 is 11.9 Å². The first-order valence-electron chi connectivity index (χ1n) is 10.1. The van der Waals surface area contributed by atoms with Gasteiger partial charge in [0.05, 0.1) is 30.0 Å². The molecule has 0 saturated carbocycles. The van der Waals surface area contributed by atoms with Crippen LogP contribution in [0.15, 0.2) is 42.0 Å². The largest absolute Gasteiger partial charge is 0.490 e. The summed E-state index contributed by atoms with van der Waals surface area (Å²) in [4.78, 5) is 49.6. The predicted octanol–water partition coefficient (Wildman–Crippen LogP) is 2.82. The lowest BCUT2D eigenvalue weighted by Crippen LogP contribution is -2.54. The molecule has 2 aromatic rings. The van der Waals surface area contributed by atoms with Crippen LogP contribution in [-0.2, 0) is 19.1 Å². The minimum atomic E-state index is -1.19. The molecule has 1 heterocycles. The number of hydrogen-bond donors (Lipinski definition) is 2. The lowest BCUT2D eigenvalue weighted by atomic mass is 10.1. The van der Waals surface area contributed by atoms with E-state index in [-0.39, 0.29) is 45.1 Å². The Balaban J connectivity index is 2.00. The highest BCUT2D eigenvalue weighted by Crippen LogP contribution is 2.37. The molecule has 0 aliphatic carbocycles. The number of amides is 2.